The van der Waals surface area contributed by atoms with Crippen molar-refractivity contribution in [2.75, 3.05) is 19.0 Å². The van der Waals surface area contributed by atoms with Crippen molar-refractivity contribution in [1.82, 2.24) is 15.2 Å². The summed E-state index contributed by atoms with van der Waals surface area (Å²) in [6.45, 7) is 1.87. The molecule has 3 aromatic rings. The molecular weight excluding hydrogens is 464 g/mol. The lowest BCUT2D eigenvalue weighted by molar-refractivity contribution is -0.121. The molecular formula is C26H28N4O4S. The van der Waals surface area contributed by atoms with E-state index in [2.05, 4.69) is 15.6 Å². The first-order chi connectivity index (χ1) is 16.9. The first-order valence-corrected chi connectivity index (χ1v) is 12.3. The summed E-state index contributed by atoms with van der Waals surface area (Å²) in [7, 11) is 1.57. The van der Waals surface area contributed by atoms with Gasteiger partial charge in [-0.3, -0.25) is 14.4 Å². The van der Waals surface area contributed by atoms with Crippen molar-refractivity contribution < 1.29 is 19.1 Å². The molecule has 0 aliphatic heterocycles. The molecule has 1 unspecified atom stereocenters. The first kappa shape index (κ1) is 24.4. The maximum atomic E-state index is 13.0. The van der Waals surface area contributed by atoms with E-state index in [0.29, 0.717) is 22.1 Å². The molecule has 1 fully saturated rings. The van der Waals surface area contributed by atoms with Gasteiger partial charge in [-0.1, -0.05) is 30.3 Å². The van der Waals surface area contributed by atoms with E-state index >= 15 is 0 Å². The third-order valence-electron chi connectivity index (χ3n) is 5.72. The second kappa shape index (κ2) is 11.1. The van der Waals surface area contributed by atoms with Gasteiger partial charge in [0.15, 0.2) is 5.13 Å². The van der Waals surface area contributed by atoms with Gasteiger partial charge in [0.2, 0.25) is 11.8 Å². The van der Waals surface area contributed by atoms with E-state index in [-0.39, 0.29) is 42.8 Å². The zero-order valence-corrected chi connectivity index (χ0v) is 20.5. The fourth-order valence-electron chi connectivity index (χ4n) is 3.69. The number of amides is 3. The van der Waals surface area contributed by atoms with Crippen molar-refractivity contribution in [1.29, 1.82) is 0 Å². The van der Waals surface area contributed by atoms with E-state index in [1.807, 2.05) is 37.3 Å². The lowest BCUT2D eigenvalue weighted by Crippen LogP contribution is -2.39. The van der Waals surface area contributed by atoms with Crippen molar-refractivity contribution in [3.05, 3.63) is 76.8 Å². The summed E-state index contributed by atoms with van der Waals surface area (Å²) >= 11 is 1.25. The zero-order valence-electron chi connectivity index (χ0n) is 19.7. The number of carbonyl (C=O) groups is 3. The van der Waals surface area contributed by atoms with Gasteiger partial charge in [-0.25, -0.2) is 4.98 Å². The molecule has 0 saturated heterocycles. The van der Waals surface area contributed by atoms with Gasteiger partial charge in [0.1, 0.15) is 12.3 Å². The zero-order chi connectivity index (χ0) is 24.8. The van der Waals surface area contributed by atoms with Crippen molar-refractivity contribution in [3.8, 4) is 5.75 Å². The van der Waals surface area contributed by atoms with Crippen molar-refractivity contribution in [3.63, 3.8) is 0 Å². The molecule has 0 radical (unpaired) electrons. The maximum Gasteiger partial charge on any atom is 0.254 e. The summed E-state index contributed by atoms with van der Waals surface area (Å²) in [5.74, 6) is 0.0192. The number of anilines is 1. The van der Waals surface area contributed by atoms with Crippen LogP contribution in [0.2, 0.25) is 0 Å². The molecule has 35 heavy (non-hydrogen) atoms. The third kappa shape index (κ3) is 6.66. The van der Waals surface area contributed by atoms with E-state index in [0.717, 1.165) is 18.4 Å². The van der Waals surface area contributed by atoms with Crippen LogP contribution in [0.25, 0.3) is 0 Å². The number of methoxy groups -OCH3 is 1. The second-order valence-electron chi connectivity index (χ2n) is 8.46. The number of nitrogens with one attached hydrogen (secondary N) is 2. The highest BCUT2D eigenvalue weighted by molar-refractivity contribution is 7.13. The van der Waals surface area contributed by atoms with Crippen molar-refractivity contribution >= 4 is 34.2 Å². The van der Waals surface area contributed by atoms with E-state index in [1.54, 1.807) is 41.7 Å². The van der Waals surface area contributed by atoms with Crippen LogP contribution in [0.5, 0.6) is 5.75 Å². The van der Waals surface area contributed by atoms with Crippen LogP contribution in [0.15, 0.2) is 60.0 Å². The molecule has 182 valence electrons. The average Bonchev–Trinajstić information content (AvgIpc) is 3.62. The Morgan fingerprint density at radius 2 is 1.80 bits per heavy atom. The van der Waals surface area contributed by atoms with Crippen LogP contribution in [0.1, 0.15) is 47.4 Å². The molecule has 1 aliphatic carbocycles. The average molecular weight is 493 g/mol. The number of ether oxygens (including phenoxy) is 1. The molecule has 3 amide bonds. The molecule has 0 bridgehead atoms. The molecule has 0 spiro atoms. The number of thiazole rings is 1. The summed E-state index contributed by atoms with van der Waals surface area (Å²) in [6.07, 6.45) is 1.88. The molecule has 1 heterocycles. The normalized spacial score (nSPS) is 13.5. The molecule has 1 atom stereocenters. The highest BCUT2D eigenvalue weighted by Crippen LogP contribution is 2.28. The summed E-state index contributed by atoms with van der Waals surface area (Å²) in [5, 5.41) is 7.88. The summed E-state index contributed by atoms with van der Waals surface area (Å²) < 4.78 is 5.15. The summed E-state index contributed by atoms with van der Waals surface area (Å²) in [4.78, 5) is 44.1. The van der Waals surface area contributed by atoms with Crippen LogP contribution in [0.3, 0.4) is 0 Å². The standard InChI is InChI=1S/C26H28N4O4S/c1-17(18-6-4-3-5-7-18)27-23(31)14-20-16-35-26(28-20)29-24(32)15-30(21-10-11-21)25(33)19-8-12-22(34-2)13-9-19/h3-9,12-13,16-17,21H,10-11,14-15H2,1-2H3,(H,27,31)(H,28,29,32). The Labute approximate surface area is 208 Å². The van der Waals surface area contributed by atoms with Gasteiger partial charge in [0, 0.05) is 17.0 Å². The van der Waals surface area contributed by atoms with Crippen LogP contribution in [-0.2, 0) is 16.0 Å². The van der Waals surface area contributed by atoms with Crippen molar-refractivity contribution in [2.24, 2.45) is 0 Å². The number of carbonyl (C=O) groups excluding carboxylic acids is 3. The van der Waals surface area contributed by atoms with Crippen LogP contribution in [-0.4, -0.2) is 47.3 Å². The topological polar surface area (TPSA) is 101 Å². The van der Waals surface area contributed by atoms with Gasteiger partial charge in [0.05, 0.1) is 25.3 Å². The SMILES string of the molecule is COc1ccc(C(=O)N(CC(=O)Nc2nc(CC(=O)NC(C)c3ccccc3)cs2)C2CC2)cc1. The van der Waals surface area contributed by atoms with Gasteiger partial charge in [-0.2, -0.15) is 0 Å². The summed E-state index contributed by atoms with van der Waals surface area (Å²) in [6, 6.07) is 16.5. The highest BCUT2D eigenvalue weighted by atomic mass is 32.1. The Hall–Kier alpha value is -3.72. The van der Waals surface area contributed by atoms with E-state index in [1.165, 1.54) is 11.3 Å². The lowest BCUT2D eigenvalue weighted by Gasteiger charge is -2.21. The number of benzene rings is 2. The molecule has 1 aromatic heterocycles. The molecule has 2 N–H and O–H groups in total. The molecule has 8 nitrogen and oxygen atoms in total. The minimum absolute atomic E-state index is 0.0560. The number of aromatic nitrogens is 1. The van der Waals surface area contributed by atoms with Gasteiger partial charge >= 0.3 is 0 Å². The monoisotopic (exact) mass is 492 g/mol. The Bertz CT molecular complexity index is 1180. The molecule has 1 saturated carbocycles. The second-order valence-corrected chi connectivity index (χ2v) is 9.32. The van der Waals surface area contributed by atoms with Crippen LogP contribution in [0.4, 0.5) is 5.13 Å². The van der Waals surface area contributed by atoms with Crippen LogP contribution in [0, 0.1) is 0 Å². The van der Waals surface area contributed by atoms with Gasteiger partial charge in [-0.15, -0.1) is 11.3 Å². The predicted octanol–water partition coefficient (Wildman–Crippen LogP) is 3.81. The fourth-order valence-corrected chi connectivity index (χ4v) is 4.42. The maximum absolute atomic E-state index is 13.0. The van der Waals surface area contributed by atoms with Gasteiger partial charge < -0.3 is 20.3 Å². The molecule has 9 heteroatoms. The number of nitrogens with zero attached hydrogens (tertiary/aromatic N) is 2. The Morgan fingerprint density at radius 1 is 1.09 bits per heavy atom. The van der Waals surface area contributed by atoms with Gasteiger partial charge in [0.25, 0.3) is 5.91 Å². The largest absolute Gasteiger partial charge is 0.497 e. The quantitative estimate of drug-likeness (QED) is 0.448. The number of hydrogen-bond donors (Lipinski definition) is 2. The van der Waals surface area contributed by atoms with E-state index in [9.17, 15) is 14.4 Å². The molecule has 2 aromatic carbocycles. The summed E-state index contributed by atoms with van der Waals surface area (Å²) in [5.41, 5.74) is 2.12. The van der Waals surface area contributed by atoms with Crippen molar-refractivity contribution in [2.45, 2.75) is 38.3 Å². The smallest absolute Gasteiger partial charge is 0.254 e. The minimum Gasteiger partial charge on any atom is -0.497 e. The Balaban J connectivity index is 1.30. The molecule has 4 rings (SSSR count). The van der Waals surface area contributed by atoms with Crippen LogP contribution < -0.4 is 15.4 Å². The predicted molar refractivity (Wildman–Crippen MR) is 134 cm³/mol. The lowest BCUT2D eigenvalue weighted by atomic mass is 10.1. The highest BCUT2D eigenvalue weighted by Gasteiger charge is 2.34. The first-order valence-electron chi connectivity index (χ1n) is 11.5. The van der Waals surface area contributed by atoms with E-state index < -0.39 is 0 Å². The van der Waals surface area contributed by atoms with E-state index in [4.69, 9.17) is 4.74 Å². The third-order valence-corrected chi connectivity index (χ3v) is 6.52. The number of rotatable bonds is 10. The van der Waals surface area contributed by atoms with Crippen LogP contribution >= 0.6 is 11.3 Å². The number of hydrogen-bond acceptors (Lipinski definition) is 6. The molecule has 1 aliphatic rings. The Morgan fingerprint density at radius 3 is 2.46 bits per heavy atom. The fraction of sp³-hybridized carbons (Fsp3) is 0.308. The Kier molecular flexibility index (Phi) is 7.77. The van der Waals surface area contributed by atoms with Gasteiger partial charge in [-0.05, 0) is 49.6 Å². The minimum atomic E-state index is -0.318.